The lowest BCUT2D eigenvalue weighted by molar-refractivity contribution is 0.471. The molecule has 0 aliphatic heterocycles. The number of nitrogens with one attached hydrogen (secondary N) is 1. The Bertz CT molecular complexity index is 887. The first-order chi connectivity index (χ1) is 12.6. The topological polar surface area (TPSA) is 50.9 Å². The average molecular weight is 389 g/mol. The lowest BCUT2D eigenvalue weighted by Gasteiger charge is -2.20. The molecule has 0 bridgehead atoms. The summed E-state index contributed by atoms with van der Waals surface area (Å²) in [5.41, 5.74) is 2.99. The molecule has 0 fully saturated rings. The Kier molecular flexibility index (Phi) is 5.90. The van der Waals surface area contributed by atoms with Gasteiger partial charge in [0.25, 0.3) is 0 Å². The van der Waals surface area contributed by atoms with Gasteiger partial charge in [-0.2, -0.15) is 10.2 Å². The van der Waals surface area contributed by atoms with E-state index in [2.05, 4.69) is 22.4 Å². The van der Waals surface area contributed by atoms with Crippen LogP contribution in [0.1, 0.15) is 18.2 Å². The van der Waals surface area contributed by atoms with Crippen molar-refractivity contribution in [1.82, 2.24) is 24.5 Å². The lowest BCUT2D eigenvalue weighted by atomic mass is 10.2. The third-order valence-corrected chi connectivity index (χ3v) is 4.81. The first-order valence-electron chi connectivity index (χ1n) is 8.35. The number of hydrogen-bond donors (Lipinski definition) is 1. The van der Waals surface area contributed by atoms with E-state index in [-0.39, 0.29) is 0 Å². The number of benzene rings is 1. The Morgan fingerprint density at radius 2 is 2.08 bits per heavy atom. The van der Waals surface area contributed by atoms with Crippen molar-refractivity contribution in [3.63, 3.8) is 0 Å². The van der Waals surface area contributed by atoms with Gasteiger partial charge < -0.3 is 10.2 Å². The van der Waals surface area contributed by atoms with Crippen LogP contribution >= 0.6 is 23.8 Å². The minimum atomic E-state index is 0.611. The normalized spacial score (nSPS) is 10.7. The number of hydrogen-bond acceptors (Lipinski definition) is 3. The summed E-state index contributed by atoms with van der Waals surface area (Å²) in [7, 11) is 1.95. The van der Waals surface area contributed by atoms with Crippen LogP contribution in [0.4, 0.5) is 5.69 Å². The van der Waals surface area contributed by atoms with Crippen molar-refractivity contribution in [2.75, 3.05) is 12.4 Å². The van der Waals surface area contributed by atoms with Gasteiger partial charge in [-0.15, -0.1) is 0 Å². The monoisotopic (exact) mass is 388 g/mol. The molecule has 3 rings (SSSR count). The predicted molar refractivity (Wildman–Crippen MR) is 108 cm³/mol. The molecule has 0 saturated heterocycles. The van der Waals surface area contributed by atoms with Crippen molar-refractivity contribution in [1.29, 1.82) is 0 Å². The van der Waals surface area contributed by atoms with Crippen LogP contribution < -0.4 is 5.32 Å². The Labute approximate surface area is 163 Å². The summed E-state index contributed by atoms with van der Waals surface area (Å²) in [6, 6.07) is 9.76. The van der Waals surface area contributed by atoms with Gasteiger partial charge in [-0.3, -0.25) is 9.36 Å². The highest BCUT2D eigenvalue weighted by atomic mass is 35.5. The predicted octanol–water partition coefficient (Wildman–Crippen LogP) is 3.63. The van der Waals surface area contributed by atoms with Gasteiger partial charge in [-0.05, 0) is 36.8 Å². The number of rotatable bonds is 6. The SMILES string of the molecule is CCn1nccc1CN(C)C(=S)Nc1cnn(Cc2ccccc2Cl)c1. The second kappa shape index (κ2) is 8.33. The van der Waals surface area contributed by atoms with Gasteiger partial charge in [-0.25, -0.2) is 0 Å². The number of thiocarbonyl (C=S) groups is 1. The quantitative estimate of drug-likeness (QED) is 0.653. The van der Waals surface area contributed by atoms with Crippen molar-refractivity contribution >= 4 is 34.6 Å². The summed E-state index contributed by atoms with van der Waals surface area (Å²) >= 11 is 11.7. The maximum absolute atomic E-state index is 6.21. The highest BCUT2D eigenvalue weighted by Gasteiger charge is 2.10. The van der Waals surface area contributed by atoms with E-state index in [0.717, 1.165) is 28.5 Å². The second-order valence-electron chi connectivity index (χ2n) is 5.94. The van der Waals surface area contributed by atoms with Crippen LogP contribution in [0.25, 0.3) is 0 Å². The molecule has 2 heterocycles. The van der Waals surface area contributed by atoms with Gasteiger partial charge in [0.15, 0.2) is 5.11 Å². The first kappa shape index (κ1) is 18.4. The molecular formula is C18H21ClN6S. The third kappa shape index (κ3) is 4.42. The van der Waals surface area contributed by atoms with E-state index in [4.69, 9.17) is 23.8 Å². The maximum atomic E-state index is 6.21. The van der Waals surface area contributed by atoms with Crippen molar-refractivity contribution in [3.05, 3.63) is 65.2 Å². The van der Waals surface area contributed by atoms with Crippen molar-refractivity contribution in [2.45, 2.75) is 26.6 Å². The third-order valence-electron chi connectivity index (χ3n) is 4.02. The molecule has 26 heavy (non-hydrogen) atoms. The van der Waals surface area contributed by atoms with Crippen LogP contribution in [0, 0.1) is 0 Å². The van der Waals surface area contributed by atoms with Gasteiger partial charge in [0.1, 0.15) is 0 Å². The number of nitrogens with zero attached hydrogens (tertiary/aromatic N) is 5. The van der Waals surface area contributed by atoms with E-state index in [1.807, 2.05) is 64.0 Å². The van der Waals surface area contributed by atoms with Crippen molar-refractivity contribution in [2.24, 2.45) is 0 Å². The largest absolute Gasteiger partial charge is 0.346 e. The molecule has 0 spiro atoms. The maximum Gasteiger partial charge on any atom is 0.173 e. The zero-order valence-electron chi connectivity index (χ0n) is 14.8. The molecule has 136 valence electrons. The average Bonchev–Trinajstić information content (AvgIpc) is 3.26. The second-order valence-corrected chi connectivity index (χ2v) is 6.74. The molecule has 0 aliphatic rings. The molecule has 0 aliphatic carbocycles. The minimum Gasteiger partial charge on any atom is -0.346 e. The molecule has 0 unspecified atom stereocenters. The van der Waals surface area contributed by atoms with Gasteiger partial charge in [0.05, 0.1) is 30.7 Å². The van der Waals surface area contributed by atoms with Crippen LogP contribution in [0.15, 0.2) is 48.9 Å². The van der Waals surface area contributed by atoms with E-state index in [1.54, 1.807) is 6.20 Å². The van der Waals surface area contributed by atoms with Gasteiger partial charge in [0.2, 0.25) is 0 Å². The van der Waals surface area contributed by atoms with Crippen LogP contribution in [0.3, 0.4) is 0 Å². The molecule has 2 aromatic heterocycles. The van der Waals surface area contributed by atoms with Gasteiger partial charge in [0, 0.05) is 31.0 Å². The summed E-state index contributed by atoms with van der Waals surface area (Å²) in [5.74, 6) is 0. The van der Waals surface area contributed by atoms with Crippen LogP contribution in [0.5, 0.6) is 0 Å². The molecule has 1 aromatic carbocycles. The Morgan fingerprint density at radius 3 is 2.85 bits per heavy atom. The Hall–Kier alpha value is -2.38. The molecule has 0 amide bonds. The molecule has 8 heteroatoms. The molecule has 0 atom stereocenters. The van der Waals surface area contributed by atoms with Crippen LogP contribution in [-0.4, -0.2) is 36.6 Å². The summed E-state index contributed by atoms with van der Waals surface area (Å²) in [4.78, 5) is 1.98. The molecular weight excluding hydrogens is 368 g/mol. The lowest BCUT2D eigenvalue weighted by Crippen LogP contribution is -2.31. The van der Waals surface area contributed by atoms with E-state index < -0.39 is 0 Å². The molecule has 6 nitrogen and oxygen atoms in total. The fourth-order valence-corrected chi connectivity index (χ4v) is 3.01. The number of aryl methyl sites for hydroxylation is 1. The fraction of sp³-hybridized carbons (Fsp3) is 0.278. The highest BCUT2D eigenvalue weighted by molar-refractivity contribution is 7.80. The molecule has 1 N–H and O–H groups in total. The minimum absolute atomic E-state index is 0.611. The Morgan fingerprint density at radius 1 is 1.27 bits per heavy atom. The van der Waals surface area contributed by atoms with Crippen LogP contribution in [0.2, 0.25) is 5.02 Å². The van der Waals surface area contributed by atoms with Gasteiger partial charge >= 0.3 is 0 Å². The smallest absolute Gasteiger partial charge is 0.173 e. The summed E-state index contributed by atoms with van der Waals surface area (Å²) in [6.07, 6.45) is 5.48. The Balaban J connectivity index is 1.59. The van der Waals surface area contributed by atoms with Gasteiger partial charge in [-0.1, -0.05) is 29.8 Å². The number of anilines is 1. The number of aromatic nitrogens is 4. The van der Waals surface area contributed by atoms with E-state index in [0.29, 0.717) is 18.2 Å². The van der Waals surface area contributed by atoms with Crippen molar-refractivity contribution in [3.8, 4) is 0 Å². The molecule has 0 radical (unpaired) electrons. The van der Waals surface area contributed by atoms with E-state index in [1.165, 1.54) is 0 Å². The van der Waals surface area contributed by atoms with E-state index in [9.17, 15) is 0 Å². The first-order valence-corrected chi connectivity index (χ1v) is 9.14. The van der Waals surface area contributed by atoms with Crippen LogP contribution in [-0.2, 0) is 19.6 Å². The van der Waals surface area contributed by atoms with Crippen molar-refractivity contribution < 1.29 is 0 Å². The summed E-state index contributed by atoms with van der Waals surface area (Å²) in [5, 5.41) is 13.2. The highest BCUT2D eigenvalue weighted by Crippen LogP contribution is 2.17. The summed E-state index contributed by atoms with van der Waals surface area (Å²) < 4.78 is 3.79. The van der Waals surface area contributed by atoms with E-state index >= 15 is 0 Å². The summed E-state index contributed by atoms with van der Waals surface area (Å²) in [6.45, 7) is 4.21. The zero-order valence-corrected chi connectivity index (χ0v) is 16.3. The molecule has 0 saturated carbocycles. The molecule has 3 aromatic rings. The standard InChI is InChI=1S/C18H21ClN6S/c1-3-25-16(8-9-20-25)13-23(2)18(26)22-15-10-21-24(12-15)11-14-6-4-5-7-17(14)19/h4-10,12H,3,11,13H2,1-2H3,(H,22,26). The fourth-order valence-electron chi connectivity index (χ4n) is 2.63. The zero-order chi connectivity index (χ0) is 18.5. The number of halogens is 1.